The smallest absolute Gasteiger partial charge is 0.220 e. The third kappa shape index (κ3) is 3.29. The number of aryl methyl sites for hydroxylation is 1. The number of hydrogen-bond donors (Lipinski definition) is 1. The number of aromatic nitrogens is 4. The highest BCUT2D eigenvalue weighted by molar-refractivity contribution is 5.37. The minimum absolute atomic E-state index is 0.150. The van der Waals surface area contributed by atoms with Gasteiger partial charge in [0.15, 0.2) is 0 Å². The summed E-state index contributed by atoms with van der Waals surface area (Å²) in [6, 6.07) is 10.8. The van der Waals surface area contributed by atoms with Gasteiger partial charge in [0.25, 0.3) is 0 Å². The molecule has 28 heavy (non-hydrogen) atoms. The maximum atomic E-state index is 5.91. The molecule has 1 saturated heterocycles. The van der Waals surface area contributed by atoms with E-state index in [0.717, 1.165) is 39.0 Å². The molecule has 1 atom stereocenters. The first-order valence-electron chi connectivity index (χ1n) is 10.1. The van der Waals surface area contributed by atoms with E-state index in [2.05, 4.69) is 44.2 Å². The second-order valence-electron chi connectivity index (χ2n) is 8.22. The van der Waals surface area contributed by atoms with Gasteiger partial charge < -0.3 is 5.73 Å². The number of fused-ring (bicyclic) bond motifs is 2. The van der Waals surface area contributed by atoms with Crippen LogP contribution in [0, 0.1) is 0 Å². The molecule has 6 nitrogen and oxygen atoms in total. The molecule has 1 aromatic carbocycles. The molecular formula is C22H26N6. The van der Waals surface area contributed by atoms with Gasteiger partial charge in [0, 0.05) is 37.1 Å². The summed E-state index contributed by atoms with van der Waals surface area (Å²) in [5.41, 5.74) is 11.2. The zero-order valence-electron chi connectivity index (χ0n) is 16.1. The number of nitrogens with two attached hydrogens (primary N) is 1. The summed E-state index contributed by atoms with van der Waals surface area (Å²) in [6.45, 7) is 3.99. The Kier molecular flexibility index (Phi) is 4.36. The lowest BCUT2D eigenvalue weighted by molar-refractivity contribution is 0.137. The average Bonchev–Trinajstić information content (AvgIpc) is 3.31. The van der Waals surface area contributed by atoms with Crippen molar-refractivity contribution in [2.45, 2.75) is 44.2 Å². The Labute approximate surface area is 165 Å². The highest BCUT2D eigenvalue weighted by atomic mass is 15.3. The molecule has 5 rings (SSSR count). The number of nitrogens with zero attached hydrogens (tertiary/aromatic N) is 5. The van der Waals surface area contributed by atoms with Crippen molar-refractivity contribution in [1.82, 2.24) is 24.6 Å². The van der Waals surface area contributed by atoms with Gasteiger partial charge in [-0.1, -0.05) is 24.3 Å². The standard InChI is InChI=1S/C22H26N6/c23-21-24-13-19-6-8-22(20(19)26-21)7-2-10-27(16-22)14-17-4-1-5-18(12-17)15-28-11-3-9-25-28/h1,3-5,9,11-13H,2,6-8,10,14-16H2,(H2,23,24,26). The third-order valence-corrected chi connectivity index (χ3v) is 6.22. The van der Waals surface area contributed by atoms with Crippen LogP contribution in [-0.4, -0.2) is 37.7 Å². The van der Waals surface area contributed by atoms with Crippen LogP contribution in [0.25, 0.3) is 0 Å². The Morgan fingerprint density at radius 3 is 2.86 bits per heavy atom. The van der Waals surface area contributed by atoms with E-state index in [0.29, 0.717) is 5.95 Å². The second kappa shape index (κ2) is 7.02. The van der Waals surface area contributed by atoms with Crippen LogP contribution in [0.4, 0.5) is 5.95 Å². The maximum absolute atomic E-state index is 5.91. The topological polar surface area (TPSA) is 72.9 Å². The van der Waals surface area contributed by atoms with E-state index in [1.54, 1.807) is 0 Å². The fourth-order valence-corrected chi connectivity index (χ4v) is 4.98. The minimum Gasteiger partial charge on any atom is -0.368 e. The largest absolute Gasteiger partial charge is 0.368 e. The number of benzene rings is 1. The quantitative estimate of drug-likeness (QED) is 0.760. The molecule has 144 valence electrons. The lowest BCUT2D eigenvalue weighted by atomic mass is 9.77. The van der Waals surface area contributed by atoms with Crippen molar-refractivity contribution in [2.24, 2.45) is 0 Å². The van der Waals surface area contributed by atoms with Crippen molar-refractivity contribution in [3.05, 3.63) is 71.3 Å². The number of hydrogen-bond acceptors (Lipinski definition) is 5. The maximum Gasteiger partial charge on any atom is 0.220 e. The number of nitrogen functional groups attached to an aromatic ring is 1. The molecule has 0 bridgehead atoms. The summed E-state index contributed by atoms with van der Waals surface area (Å²) in [6.07, 6.45) is 10.4. The van der Waals surface area contributed by atoms with Crippen LogP contribution in [-0.2, 0) is 24.9 Å². The van der Waals surface area contributed by atoms with Gasteiger partial charge in [-0.2, -0.15) is 5.10 Å². The van der Waals surface area contributed by atoms with Crippen molar-refractivity contribution in [2.75, 3.05) is 18.8 Å². The van der Waals surface area contributed by atoms with E-state index in [9.17, 15) is 0 Å². The number of anilines is 1. The highest BCUT2D eigenvalue weighted by Crippen LogP contribution is 2.44. The van der Waals surface area contributed by atoms with Crippen molar-refractivity contribution in [3.63, 3.8) is 0 Å². The Bertz CT molecular complexity index is 963. The highest BCUT2D eigenvalue weighted by Gasteiger charge is 2.43. The number of rotatable bonds is 4. The molecule has 0 saturated carbocycles. The summed E-state index contributed by atoms with van der Waals surface area (Å²) >= 11 is 0. The van der Waals surface area contributed by atoms with Gasteiger partial charge in [0.2, 0.25) is 5.95 Å². The summed E-state index contributed by atoms with van der Waals surface area (Å²) in [4.78, 5) is 11.4. The second-order valence-corrected chi connectivity index (χ2v) is 8.22. The van der Waals surface area contributed by atoms with Gasteiger partial charge >= 0.3 is 0 Å². The number of likely N-dealkylation sites (tertiary alicyclic amines) is 1. The SMILES string of the molecule is Nc1ncc2c(n1)C1(CCCN(Cc3cccc(Cn4cccn4)c3)C1)CC2. The van der Waals surface area contributed by atoms with Crippen LogP contribution in [0.1, 0.15) is 41.6 Å². The predicted octanol–water partition coefficient (Wildman–Crippen LogP) is 2.78. The van der Waals surface area contributed by atoms with E-state index in [-0.39, 0.29) is 5.41 Å². The normalized spacial score (nSPS) is 21.9. The average molecular weight is 374 g/mol. The molecule has 1 spiro atoms. The molecule has 0 radical (unpaired) electrons. The predicted molar refractivity (Wildman–Crippen MR) is 109 cm³/mol. The molecule has 1 aliphatic heterocycles. The lowest BCUT2D eigenvalue weighted by Gasteiger charge is -2.40. The van der Waals surface area contributed by atoms with Crippen LogP contribution in [0.5, 0.6) is 0 Å². The third-order valence-electron chi connectivity index (χ3n) is 6.22. The van der Waals surface area contributed by atoms with Crippen molar-refractivity contribution in [1.29, 1.82) is 0 Å². The molecule has 3 heterocycles. The molecule has 1 aliphatic carbocycles. The Balaban J connectivity index is 1.33. The molecule has 2 aliphatic rings. The summed E-state index contributed by atoms with van der Waals surface area (Å²) < 4.78 is 1.97. The van der Waals surface area contributed by atoms with Crippen molar-refractivity contribution in [3.8, 4) is 0 Å². The van der Waals surface area contributed by atoms with E-state index in [1.807, 2.05) is 29.3 Å². The Morgan fingerprint density at radius 1 is 1.11 bits per heavy atom. The Hall–Kier alpha value is -2.73. The Morgan fingerprint density at radius 2 is 2.00 bits per heavy atom. The van der Waals surface area contributed by atoms with Gasteiger partial charge in [-0.05, 0) is 55.0 Å². The monoisotopic (exact) mass is 374 g/mol. The van der Waals surface area contributed by atoms with Crippen LogP contribution >= 0.6 is 0 Å². The zero-order chi connectivity index (χ0) is 19.0. The summed E-state index contributed by atoms with van der Waals surface area (Å²) in [7, 11) is 0. The van der Waals surface area contributed by atoms with Gasteiger partial charge in [-0.15, -0.1) is 0 Å². The van der Waals surface area contributed by atoms with Crippen molar-refractivity contribution >= 4 is 5.95 Å². The molecule has 0 amide bonds. The zero-order valence-corrected chi connectivity index (χ0v) is 16.1. The first-order valence-corrected chi connectivity index (χ1v) is 10.1. The molecule has 3 aromatic rings. The number of piperidine rings is 1. The molecule has 1 unspecified atom stereocenters. The first-order chi connectivity index (χ1) is 13.7. The van der Waals surface area contributed by atoms with Crippen LogP contribution in [0.2, 0.25) is 0 Å². The van der Waals surface area contributed by atoms with Crippen LogP contribution in [0.15, 0.2) is 48.9 Å². The minimum atomic E-state index is 0.150. The molecule has 1 fully saturated rings. The molecule has 2 aromatic heterocycles. The van der Waals surface area contributed by atoms with Gasteiger partial charge in [0.05, 0.1) is 12.2 Å². The molecular weight excluding hydrogens is 348 g/mol. The van der Waals surface area contributed by atoms with Gasteiger partial charge in [-0.25, -0.2) is 9.97 Å². The fraction of sp³-hybridized carbons (Fsp3) is 0.409. The van der Waals surface area contributed by atoms with E-state index in [4.69, 9.17) is 5.73 Å². The van der Waals surface area contributed by atoms with Gasteiger partial charge in [0.1, 0.15) is 0 Å². The van der Waals surface area contributed by atoms with Gasteiger partial charge in [-0.3, -0.25) is 9.58 Å². The van der Waals surface area contributed by atoms with Crippen LogP contribution in [0.3, 0.4) is 0 Å². The molecule has 6 heteroatoms. The van der Waals surface area contributed by atoms with Crippen LogP contribution < -0.4 is 5.73 Å². The van der Waals surface area contributed by atoms with Crippen molar-refractivity contribution < 1.29 is 0 Å². The summed E-state index contributed by atoms with van der Waals surface area (Å²) in [5, 5.41) is 4.32. The van der Waals surface area contributed by atoms with E-state index in [1.165, 1.54) is 35.2 Å². The molecule has 2 N–H and O–H groups in total. The first kappa shape index (κ1) is 17.4. The van der Waals surface area contributed by atoms with E-state index >= 15 is 0 Å². The van der Waals surface area contributed by atoms with E-state index < -0.39 is 0 Å². The summed E-state index contributed by atoms with van der Waals surface area (Å²) in [5.74, 6) is 0.406. The fourth-order valence-electron chi connectivity index (χ4n) is 4.98. The lowest BCUT2D eigenvalue weighted by Crippen LogP contribution is -2.45.